The highest BCUT2D eigenvalue weighted by Gasteiger charge is 2.25. The second kappa shape index (κ2) is 6.02. The van der Waals surface area contributed by atoms with Crippen molar-refractivity contribution in [3.63, 3.8) is 0 Å². The van der Waals surface area contributed by atoms with Crippen LogP contribution in [0.3, 0.4) is 0 Å². The molecule has 5 heteroatoms. The lowest BCUT2D eigenvalue weighted by atomic mass is 9.98. The van der Waals surface area contributed by atoms with Crippen LogP contribution in [0.1, 0.15) is 39.4 Å². The van der Waals surface area contributed by atoms with Gasteiger partial charge in [-0.1, -0.05) is 13.3 Å². The Morgan fingerprint density at radius 2 is 2.10 bits per heavy atom. The molecule has 1 heterocycles. The molecular weight excluding hydrogens is 343 g/mol. The van der Waals surface area contributed by atoms with E-state index in [1.807, 2.05) is 6.07 Å². The summed E-state index contributed by atoms with van der Waals surface area (Å²) in [5.41, 5.74) is 1.58. The SMILES string of the molecule is CCCC(C)(C)n1c(CCCl)nc2cc(F)c(Br)cc21. The summed E-state index contributed by atoms with van der Waals surface area (Å²) in [7, 11) is 0. The van der Waals surface area contributed by atoms with Gasteiger partial charge in [0.2, 0.25) is 0 Å². The Morgan fingerprint density at radius 3 is 2.70 bits per heavy atom. The molecule has 0 unspecified atom stereocenters. The van der Waals surface area contributed by atoms with Gasteiger partial charge < -0.3 is 4.57 Å². The quantitative estimate of drug-likeness (QED) is 0.665. The minimum absolute atomic E-state index is 0.0673. The van der Waals surface area contributed by atoms with E-state index in [-0.39, 0.29) is 11.4 Å². The zero-order chi connectivity index (χ0) is 14.9. The van der Waals surface area contributed by atoms with Gasteiger partial charge in [-0.15, -0.1) is 11.6 Å². The van der Waals surface area contributed by atoms with Crippen LogP contribution in [-0.2, 0) is 12.0 Å². The molecule has 2 aromatic rings. The minimum atomic E-state index is -0.284. The lowest BCUT2D eigenvalue weighted by Gasteiger charge is -2.29. The average Bonchev–Trinajstić information content (AvgIpc) is 2.68. The third-order valence-electron chi connectivity index (χ3n) is 3.55. The van der Waals surface area contributed by atoms with Gasteiger partial charge in [-0.25, -0.2) is 9.37 Å². The van der Waals surface area contributed by atoms with E-state index in [2.05, 4.69) is 46.3 Å². The first-order valence-corrected chi connectivity index (χ1v) is 8.16. The molecule has 0 aliphatic carbocycles. The summed E-state index contributed by atoms with van der Waals surface area (Å²) in [6, 6.07) is 3.29. The van der Waals surface area contributed by atoms with Crippen molar-refractivity contribution in [2.45, 2.75) is 45.6 Å². The highest BCUT2D eigenvalue weighted by molar-refractivity contribution is 9.10. The molecule has 0 saturated heterocycles. The smallest absolute Gasteiger partial charge is 0.139 e. The van der Waals surface area contributed by atoms with Crippen molar-refractivity contribution in [3.05, 3.63) is 28.2 Å². The molecule has 0 atom stereocenters. The van der Waals surface area contributed by atoms with Crippen LogP contribution >= 0.6 is 27.5 Å². The molecule has 20 heavy (non-hydrogen) atoms. The van der Waals surface area contributed by atoms with Gasteiger partial charge in [0, 0.05) is 23.9 Å². The molecule has 0 spiro atoms. The van der Waals surface area contributed by atoms with Crippen LogP contribution in [0, 0.1) is 5.82 Å². The molecule has 0 amide bonds. The van der Waals surface area contributed by atoms with Gasteiger partial charge in [0.1, 0.15) is 11.6 Å². The molecule has 0 radical (unpaired) electrons. The fraction of sp³-hybridized carbons (Fsp3) is 0.533. The molecule has 2 rings (SSSR count). The largest absolute Gasteiger partial charge is 0.322 e. The monoisotopic (exact) mass is 360 g/mol. The number of aryl methyl sites for hydroxylation is 1. The van der Waals surface area contributed by atoms with Gasteiger partial charge in [-0.3, -0.25) is 0 Å². The zero-order valence-electron chi connectivity index (χ0n) is 12.0. The van der Waals surface area contributed by atoms with E-state index in [1.54, 1.807) is 0 Å². The Hall–Kier alpha value is -0.610. The van der Waals surface area contributed by atoms with Crippen molar-refractivity contribution in [2.24, 2.45) is 0 Å². The van der Waals surface area contributed by atoms with Gasteiger partial charge in [0.05, 0.1) is 15.5 Å². The van der Waals surface area contributed by atoms with Crippen LogP contribution in [0.15, 0.2) is 16.6 Å². The fourth-order valence-corrected chi connectivity index (χ4v) is 3.27. The molecule has 2 nitrogen and oxygen atoms in total. The van der Waals surface area contributed by atoms with Crippen molar-refractivity contribution < 1.29 is 4.39 Å². The summed E-state index contributed by atoms with van der Waals surface area (Å²) in [4.78, 5) is 4.57. The van der Waals surface area contributed by atoms with E-state index in [0.717, 1.165) is 24.2 Å². The van der Waals surface area contributed by atoms with Crippen LogP contribution in [0.2, 0.25) is 0 Å². The fourth-order valence-electron chi connectivity index (χ4n) is 2.77. The number of rotatable bonds is 5. The molecule has 1 aromatic carbocycles. The average molecular weight is 362 g/mol. The molecule has 0 aliphatic heterocycles. The van der Waals surface area contributed by atoms with E-state index in [9.17, 15) is 4.39 Å². The van der Waals surface area contributed by atoms with Gasteiger partial charge in [0.15, 0.2) is 0 Å². The number of nitrogens with zero attached hydrogens (tertiary/aromatic N) is 2. The Bertz CT molecular complexity index is 622. The van der Waals surface area contributed by atoms with E-state index in [0.29, 0.717) is 22.3 Å². The number of imidazole rings is 1. The number of fused-ring (bicyclic) bond motifs is 1. The van der Waals surface area contributed by atoms with Gasteiger partial charge >= 0.3 is 0 Å². The van der Waals surface area contributed by atoms with Crippen molar-refractivity contribution in [1.82, 2.24) is 9.55 Å². The van der Waals surface area contributed by atoms with Crippen LogP contribution in [0.5, 0.6) is 0 Å². The molecule has 110 valence electrons. The molecule has 0 N–H and O–H groups in total. The highest BCUT2D eigenvalue weighted by atomic mass is 79.9. The number of halogens is 3. The maximum Gasteiger partial charge on any atom is 0.139 e. The van der Waals surface area contributed by atoms with Gasteiger partial charge in [0.25, 0.3) is 0 Å². The highest BCUT2D eigenvalue weighted by Crippen LogP contribution is 2.32. The lowest BCUT2D eigenvalue weighted by Crippen LogP contribution is -2.28. The normalized spacial score (nSPS) is 12.3. The topological polar surface area (TPSA) is 17.8 Å². The summed E-state index contributed by atoms with van der Waals surface area (Å²) in [6.07, 6.45) is 2.79. The predicted molar refractivity (Wildman–Crippen MR) is 86.0 cm³/mol. The molecule has 0 bridgehead atoms. The van der Waals surface area contributed by atoms with E-state index >= 15 is 0 Å². The molecule has 0 aliphatic rings. The number of alkyl halides is 1. The first-order chi connectivity index (χ1) is 9.40. The van der Waals surface area contributed by atoms with Crippen LogP contribution in [-0.4, -0.2) is 15.4 Å². The Morgan fingerprint density at radius 1 is 1.40 bits per heavy atom. The standard InChI is InChI=1S/C15H19BrClFN2/c1-4-6-15(2,3)20-13-8-10(16)11(18)9-12(13)19-14(20)5-7-17/h8-9H,4-7H2,1-3H3. The molecule has 0 saturated carbocycles. The number of hydrogen-bond acceptors (Lipinski definition) is 1. The molecular formula is C15H19BrClFN2. The second-order valence-corrected chi connectivity index (χ2v) is 6.85. The van der Waals surface area contributed by atoms with E-state index in [1.165, 1.54) is 6.07 Å². The maximum absolute atomic E-state index is 13.7. The van der Waals surface area contributed by atoms with Crippen molar-refractivity contribution in [2.75, 3.05) is 5.88 Å². The van der Waals surface area contributed by atoms with Crippen LogP contribution in [0.25, 0.3) is 11.0 Å². The van der Waals surface area contributed by atoms with Gasteiger partial charge in [-0.2, -0.15) is 0 Å². The summed E-state index contributed by atoms with van der Waals surface area (Å²) < 4.78 is 16.4. The maximum atomic E-state index is 13.7. The van der Waals surface area contributed by atoms with Crippen molar-refractivity contribution in [1.29, 1.82) is 0 Å². The minimum Gasteiger partial charge on any atom is -0.322 e. The summed E-state index contributed by atoms with van der Waals surface area (Å²) in [5, 5.41) is 0. The van der Waals surface area contributed by atoms with E-state index in [4.69, 9.17) is 11.6 Å². The Labute approximate surface area is 132 Å². The number of hydrogen-bond donors (Lipinski definition) is 0. The first-order valence-electron chi connectivity index (χ1n) is 6.83. The second-order valence-electron chi connectivity index (χ2n) is 5.62. The lowest BCUT2D eigenvalue weighted by molar-refractivity contribution is 0.324. The number of benzene rings is 1. The van der Waals surface area contributed by atoms with Crippen molar-refractivity contribution in [3.8, 4) is 0 Å². The van der Waals surface area contributed by atoms with Crippen LogP contribution in [0.4, 0.5) is 4.39 Å². The molecule has 0 fully saturated rings. The predicted octanol–water partition coefficient (Wildman–Crippen LogP) is 5.25. The third kappa shape index (κ3) is 2.86. The summed E-state index contributed by atoms with van der Waals surface area (Å²) in [6.45, 7) is 6.54. The van der Waals surface area contributed by atoms with Gasteiger partial charge in [-0.05, 0) is 42.3 Å². The molecule has 1 aromatic heterocycles. The first kappa shape index (κ1) is 15.8. The summed E-state index contributed by atoms with van der Waals surface area (Å²) in [5.74, 6) is 1.15. The zero-order valence-corrected chi connectivity index (χ0v) is 14.4. The third-order valence-corrected chi connectivity index (χ3v) is 4.35. The summed E-state index contributed by atoms with van der Waals surface area (Å²) >= 11 is 9.15. The number of aromatic nitrogens is 2. The Kier molecular flexibility index (Phi) is 4.75. The van der Waals surface area contributed by atoms with Crippen molar-refractivity contribution >= 4 is 38.6 Å². The van der Waals surface area contributed by atoms with E-state index < -0.39 is 0 Å². The Balaban J connectivity index is 2.70. The van der Waals surface area contributed by atoms with Crippen LogP contribution < -0.4 is 0 Å².